The number of hydrogen-bond donors (Lipinski definition) is 2. The highest BCUT2D eigenvalue weighted by Crippen LogP contribution is 2.26. The highest BCUT2D eigenvalue weighted by atomic mass is 16.5. The van der Waals surface area contributed by atoms with Gasteiger partial charge in [0.05, 0.1) is 12.2 Å². The Hall–Kier alpha value is -3.49. The molecule has 138 valence electrons. The molecule has 0 fully saturated rings. The second-order valence-corrected chi connectivity index (χ2v) is 6.22. The lowest BCUT2D eigenvalue weighted by Gasteiger charge is -2.13. The zero-order valence-corrected chi connectivity index (χ0v) is 14.5. The molecule has 2 N–H and O–H groups in total. The Morgan fingerprint density at radius 3 is 3.07 bits per heavy atom. The summed E-state index contributed by atoms with van der Waals surface area (Å²) in [6.07, 6.45) is 8.21. The average molecular weight is 366 g/mol. The minimum Gasteiger partial charge on any atom is -0.489 e. The fraction of sp³-hybridized carbons (Fsp3) is 0.278. The number of rotatable bonds is 4. The predicted molar refractivity (Wildman–Crippen MR) is 96.1 cm³/mol. The van der Waals surface area contributed by atoms with E-state index in [1.54, 1.807) is 18.2 Å². The van der Waals surface area contributed by atoms with Crippen LogP contribution in [0.25, 0.3) is 0 Å². The number of para-hydroxylation sites is 2. The van der Waals surface area contributed by atoms with Crippen LogP contribution in [0.1, 0.15) is 23.5 Å². The Labute approximate surface area is 155 Å². The van der Waals surface area contributed by atoms with Crippen molar-refractivity contribution in [2.24, 2.45) is 0 Å². The van der Waals surface area contributed by atoms with Crippen LogP contribution in [0.2, 0.25) is 0 Å². The first-order valence-electron chi connectivity index (χ1n) is 8.66. The van der Waals surface area contributed by atoms with Gasteiger partial charge in [-0.25, -0.2) is 0 Å². The van der Waals surface area contributed by atoms with Gasteiger partial charge < -0.3 is 15.4 Å². The van der Waals surface area contributed by atoms with Crippen LogP contribution < -0.4 is 15.4 Å². The van der Waals surface area contributed by atoms with E-state index in [-0.39, 0.29) is 18.3 Å². The van der Waals surface area contributed by atoms with Crippen molar-refractivity contribution in [1.29, 1.82) is 0 Å². The van der Waals surface area contributed by atoms with Crippen LogP contribution in [0.5, 0.6) is 5.75 Å². The number of hydrogen-bond acceptors (Lipinski definition) is 6. The van der Waals surface area contributed by atoms with E-state index in [1.165, 1.54) is 4.80 Å². The third-order valence-electron chi connectivity index (χ3n) is 4.22. The van der Waals surface area contributed by atoms with Crippen LogP contribution >= 0.6 is 0 Å². The molecular weight excluding hydrogens is 348 g/mol. The summed E-state index contributed by atoms with van der Waals surface area (Å²) in [5, 5.41) is 17.1. The lowest BCUT2D eigenvalue weighted by molar-refractivity contribution is -0.118. The molecule has 27 heavy (non-hydrogen) atoms. The van der Waals surface area contributed by atoms with Gasteiger partial charge in [-0.05, 0) is 35.8 Å². The van der Waals surface area contributed by atoms with Crippen molar-refractivity contribution in [3.8, 4) is 5.75 Å². The van der Waals surface area contributed by atoms with Gasteiger partial charge in [-0.3, -0.25) is 9.59 Å². The molecule has 0 bridgehead atoms. The predicted octanol–water partition coefficient (Wildman–Crippen LogP) is 1.08. The molecule has 0 spiro atoms. The number of allylic oxidation sites excluding steroid dienone is 4. The van der Waals surface area contributed by atoms with Crippen LogP contribution in [0, 0.1) is 0 Å². The quantitative estimate of drug-likeness (QED) is 0.838. The summed E-state index contributed by atoms with van der Waals surface area (Å²) < 4.78 is 5.60. The van der Waals surface area contributed by atoms with Crippen molar-refractivity contribution in [1.82, 2.24) is 25.5 Å². The molecule has 0 unspecified atom stereocenters. The maximum absolute atomic E-state index is 12.4. The number of carbonyl (C=O) groups is 2. The molecule has 1 aliphatic carbocycles. The fourth-order valence-electron chi connectivity index (χ4n) is 2.84. The second kappa shape index (κ2) is 7.40. The van der Waals surface area contributed by atoms with Gasteiger partial charge in [0.25, 0.3) is 17.6 Å². The first kappa shape index (κ1) is 17.0. The summed E-state index contributed by atoms with van der Waals surface area (Å²) in [6.45, 7) is 0.458. The van der Waals surface area contributed by atoms with Crippen molar-refractivity contribution in [3.63, 3.8) is 0 Å². The zero-order chi connectivity index (χ0) is 18.6. The molecule has 1 aliphatic heterocycles. The van der Waals surface area contributed by atoms with Crippen molar-refractivity contribution in [2.75, 3.05) is 11.9 Å². The molecule has 9 nitrogen and oxygen atoms in total. The maximum Gasteiger partial charge on any atom is 0.293 e. The van der Waals surface area contributed by atoms with Crippen LogP contribution in [0.15, 0.2) is 48.1 Å². The van der Waals surface area contributed by atoms with E-state index in [2.05, 4.69) is 38.2 Å². The Bertz CT molecular complexity index is 933. The van der Waals surface area contributed by atoms with Gasteiger partial charge in [0.2, 0.25) is 0 Å². The van der Waals surface area contributed by atoms with Gasteiger partial charge in [-0.1, -0.05) is 30.4 Å². The normalized spacial score (nSPS) is 18.6. The molecule has 2 aromatic rings. The second-order valence-electron chi connectivity index (χ2n) is 6.22. The van der Waals surface area contributed by atoms with E-state index in [9.17, 15) is 9.59 Å². The van der Waals surface area contributed by atoms with E-state index in [0.29, 0.717) is 18.0 Å². The van der Waals surface area contributed by atoms with Crippen molar-refractivity contribution in [3.05, 3.63) is 53.9 Å². The molecule has 2 aliphatic rings. The summed E-state index contributed by atoms with van der Waals surface area (Å²) >= 11 is 0. The van der Waals surface area contributed by atoms with Crippen molar-refractivity contribution >= 4 is 17.5 Å². The zero-order valence-electron chi connectivity index (χ0n) is 14.5. The largest absolute Gasteiger partial charge is 0.489 e. The molecule has 1 atom stereocenters. The van der Waals surface area contributed by atoms with Gasteiger partial charge >= 0.3 is 0 Å². The number of fused-ring (bicyclic) bond motifs is 1. The van der Waals surface area contributed by atoms with Crippen LogP contribution in [-0.2, 0) is 11.3 Å². The average Bonchev–Trinajstić information content (AvgIpc) is 3.09. The molecule has 2 amide bonds. The van der Waals surface area contributed by atoms with Crippen LogP contribution in [-0.4, -0.2) is 44.7 Å². The number of ether oxygens (including phenoxy) is 1. The number of tetrazole rings is 1. The molecule has 0 saturated carbocycles. The van der Waals surface area contributed by atoms with Gasteiger partial charge in [0.1, 0.15) is 18.4 Å². The lowest BCUT2D eigenvalue weighted by Crippen LogP contribution is -2.46. The summed E-state index contributed by atoms with van der Waals surface area (Å²) in [5.41, 5.74) is 1.64. The van der Waals surface area contributed by atoms with Crippen LogP contribution in [0.3, 0.4) is 0 Å². The summed E-state index contributed by atoms with van der Waals surface area (Å²) in [5.74, 6) is -0.479. The van der Waals surface area contributed by atoms with Crippen molar-refractivity contribution in [2.45, 2.75) is 25.4 Å². The summed E-state index contributed by atoms with van der Waals surface area (Å²) in [6, 6.07) is 6.23. The molecule has 9 heteroatoms. The maximum atomic E-state index is 12.4. The first-order valence-corrected chi connectivity index (χ1v) is 8.66. The van der Waals surface area contributed by atoms with E-state index in [0.717, 1.165) is 18.4 Å². The van der Waals surface area contributed by atoms with E-state index in [1.807, 2.05) is 12.1 Å². The summed E-state index contributed by atoms with van der Waals surface area (Å²) in [7, 11) is 0. The topological polar surface area (TPSA) is 111 Å². The van der Waals surface area contributed by atoms with Gasteiger partial charge in [-0.2, -0.15) is 4.80 Å². The smallest absolute Gasteiger partial charge is 0.293 e. The molecule has 4 rings (SSSR count). The van der Waals surface area contributed by atoms with E-state index < -0.39 is 11.9 Å². The number of aromatic nitrogens is 4. The van der Waals surface area contributed by atoms with E-state index >= 15 is 0 Å². The fourth-order valence-corrected chi connectivity index (χ4v) is 2.84. The standard InChI is InChI=1S/C18H18N6O3/c25-17-14(11-27-15-9-5-4-8-13(15)19-17)20-18(26)16-21-23-24(22-16)10-12-6-2-1-3-7-12/h2,4-9,14H,1,3,10-11H2,(H,19,25)(H,20,26)/t14-/m0/s1. The number of carbonyl (C=O) groups excluding carboxylic acids is 2. The highest BCUT2D eigenvalue weighted by molar-refractivity contribution is 6.01. The minimum absolute atomic E-state index is 0.0143. The number of nitrogens with zero attached hydrogens (tertiary/aromatic N) is 4. The molecule has 0 radical (unpaired) electrons. The lowest BCUT2D eigenvalue weighted by atomic mass is 10.1. The molecule has 1 aromatic heterocycles. The van der Waals surface area contributed by atoms with Gasteiger partial charge in [0.15, 0.2) is 0 Å². The number of benzene rings is 1. The number of nitrogens with one attached hydrogen (secondary N) is 2. The first-order chi connectivity index (χ1) is 13.2. The monoisotopic (exact) mass is 366 g/mol. The van der Waals surface area contributed by atoms with Crippen molar-refractivity contribution < 1.29 is 14.3 Å². The third kappa shape index (κ3) is 3.86. The third-order valence-corrected chi connectivity index (χ3v) is 4.22. The molecule has 2 heterocycles. The van der Waals surface area contributed by atoms with Gasteiger partial charge in [-0.15, -0.1) is 10.2 Å². The summed E-state index contributed by atoms with van der Waals surface area (Å²) in [4.78, 5) is 26.1. The molecular formula is C18H18N6O3. The number of anilines is 1. The Morgan fingerprint density at radius 1 is 1.33 bits per heavy atom. The highest BCUT2D eigenvalue weighted by Gasteiger charge is 2.27. The Balaban J connectivity index is 1.40. The van der Waals surface area contributed by atoms with E-state index in [4.69, 9.17) is 4.74 Å². The molecule has 1 aromatic carbocycles. The Morgan fingerprint density at radius 2 is 2.22 bits per heavy atom. The minimum atomic E-state index is -0.860. The molecule has 0 saturated heterocycles. The number of amides is 2. The van der Waals surface area contributed by atoms with Crippen LogP contribution in [0.4, 0.5) is 5.69 Å². The Kier molecular flexibility index (Phi) is 4.65. The SMILES string of the molecule is O=C(N[C@H]1COc2ccccc2NC1=O)c1nnn(CC2=CCCC=C2)n1. The van der Waals surface area contributed by atoms with Gasteiger partial charge in [0, 0.05) is 0 Å².